The normalized spacial score (nSPS) is 12.4. The Balaban J connectivity index is 3.45. The monoisotopic (exact) mass is 451 g/mol. The van der Waals surface area contributed by atoms with Crippen molar-refractivity contribution in [1.82, 2.24) is 5.32 Å². The standard InChI is InChI=1S/C26H45NO5/c1-2-3-4-5-6-7-8-9-10-11-12-13-14-15-16-17-18-19-20-21-24(28)27-23(26(31)32)22-25(29)30/h6-7,9-10,23H,2-5,8,11-22H2,1H3,(H,27,28)(H,29,30)(H,31,32)/b7-6-,10-9-/t23-/m0/s1. The fraction of sp³-hybridized carbons (Fsp3) is 0.731. The SMILES string of the molecule is CCCCC/C=C\C/C=C\CCCCCCCCCCCC(=O)N[C@@H](CC(=O)O)C(=O)O. The van der Waals surface area contributed by atoms with Gasteiger partial charge in [-0.15, -0.1) is 0 Å². The van der Waals surface area contributed by atoms with Crippen molar-refractivity contribution >= 4 is 17.8 Å². The molecule has 184 valence electrons. The molecule has 1 atom stereocenters. The number of allylic oxidation sites excluding steroid dienone is 4. The molecule has 6 nitrogen and oxygen atoms in total. The maximum absolute atomic E-state index is 11.7. The van der Waals surface area contributed by atoms with E-state index in [4.69, 9.17) is 10.2 Å². The van der Waals surface area contributed by atoms with Gasteiger partial charge in [0.1, 0.15) is 6.04 Å². The summed E-state index contributed by atoms with van der Waals surface area (Å²) in [4.78, 5) is 33.3. The molecule has 0 aliphatic rings. The van der Waals surface area contributed by atoms with Gasteiger partial charge in [0.2, 0.25) is 5.91 Å². The quantitative estimate of drug-likeness (QED) is 0.130. The largest absolute Gasteiger partial charge is 0.481 e. The summed E-state index contributed by atoms with van der Waals surface area (Å²) < 4.78 is 0. The zero-order valence-electron chi connectivity index (χ0n) is 20.0. The minimum atomic E-state index is -1.35. The summed E-state index contributed by atoms with van der Waals surface area (Å²) in [7, 11) is 0. The van der Waals surface area contributed by atoms with Gasteiger partial charge in [0.25, 0.3) is 0 Å². The fourth-order valence-electron chi connectivity index (χ4n) is 3.45. The molecule has 0 fully saturated rings. The van der Waals surface area contributed by atoms with Crippen LogP contribution in [0.1, 0.15) is 116 Å². The van der Waals surface area contributed by atoms with Gasteiger partial charge in [0, 0.05) is 6.42 Å². The second-order valence-electron chi connectivity index (χ2n) is 8.45. The Hall–Kier alpha value is -2.11. The lowest BCUT2D eigenvalue weighted by Gasteiger charge is -2.12. The molecule has 3 N–H and O–H groups in total. The lowest BCUT2D eigenvalue weighted by atomic mass is 10.1. The molecular weight excluding hydrogens is 406 g/mol. The van der Waals surface area contributed by atoms with Gasteiger partial charge in [0.05, 0.1) is 6.42 Å². The topological polar surface area (TPSA) is 104 Å². The predicted octanol–water partition coefficient (Wildman–Crippen LogP) is 6.40. The number of nitrogens with one attached hydrogen (secondary N) is 1. The Morgan fingerprint density at radius 2 is 1.22 bits per heavy atom. The number of carboxylic acids is 2. The summed E-state index contributed by atoms with van der Waals surface area (Å²) in [5.74, 6) is -2.95. The molecule has 0 aliphatic carbocycles. The van der Waals surface area contributed by atoms with E-state index < -0.39 is 30.3 Å². The van der Waals surface area contributed by atoms with E-state index in [-0.39, 0.29) is 6.42 Å². The van der Waals surface area contributed by atoms with Crippen molar-refractivity contribution in [2.24, 2.45) is 0 Å². The highest BCUT2D eigenvalue weighted by Gasteiger charge is 2.22. The summed E-state index contributed by atoms with van der Waals surface area (Å²) in [5, 5.41) is 19.9. The van der Waals surface area contributed by atoms with Gasteiger partial charge in [-0.2, -0.15) is 0 Å². The van der Waals surface area contributed by atoms with E-state index in [1.165, 1.54) is 64.2 Å². The Labute approximate surface area is 194 Å². The maximum Gasteiger partial charge on any atom is 0.326 e. The van der Waals surface area contributed by atoms with Crippen LogP contribution < -0.4 is 5.32 Å². The van der Waals surface area contributed by atoms with Crippen molar-refractivity contribution in [3.8, 4) is 0 Å². The average molecular weight is 452 g/mol. The van der Waals surface area contributed by atoms with Crippen molar-refractivity contribution in [2.45, 2.75) is 122 Å². The van der Waals surface area contributed by atoms with E-state index >= 15 is 0 Å². The zero-order valence-corrected chi connectivity index (χ0v) is 20.0. The second kappa shape index (κ2) is 22.1. The number of rotatable bonds is 22. The van der Waals surface area contributed by atoms with E-state index in [2.05, 4.69) is 36.5 Å². The minimum Gasteiger partial charge on any atom is -0.481 e. The summed E-state index contributed by atoms with van der Waals surface area (Å²) >= 11 is 0. The second-order valence-corrected chi connectivity index (χ2v) is 8.45. The number of carbonyl (C=O) groups excluding carboxylic acids is 1. The molecular formula is C26H45NO5. The van der Waals surface area contributed by atoms with Crippen LogP contribution in [0.5, 0.6) is 0 Å². The highest BCUT2D eigenvalue weighted by Crippen LogP contribution is 2.12. The van der Waals surface area contributed by atoms with Crippen LogP contribution in [0.25, 0.3) is 0 Å². The number of unbranched alkanes of at least 4 members (excludes halogenated alkanes) is 12. The van der Waals surface area contributed by atoms with Crippen LogP contribution in [0.3, 0.4) is 0 Å². The van der Waals surface area contributed by atoms with Crippen LogP contribution in [0, 0.1) is 0 Å². The van der Waals surface area contributed by atoms with Gasteiger partial charge in [-0.1, -0.05) is 89.0 Å². The maximum atomic E-state index is 11.7. The number of hydrogen-bond donors (Lipinski definition) is 3. The molecule has 0 aromatic rings. The number of carbonyl (C=O) groups is 3. The molecule has 0 spiro atoms. The molecule has 0 aliphatic heterocycles. The van der Waals surface area contributed by atoms with Gasteiger partial charge in [-0.05, 0) is 38.5 Å². The lowest BCUT2D eigenvalue weighted by Crippen LogP contribution is -2.42. The van der Waals surface area contributed by atoms with Crippen molar-refractivity contribution in [3.05, 3.63) is 24.3 Å². The van der Waals surface area contributed by atoms with Gasteiger partial charge in [-0.25, -0.2) is 4.79 Å². The Kier molecular flexibility index (Phi) is 20.6. The first kappa shape index (κ1) is 29.9. The van der Waals surface area contributed by atoms with E-state index in [1.54, 1.807) is 0 Å². The molecule has 1 amide bonds. The van der Waals surface area contributed by atoms with E-state index in [1.807, 2.05) is 0 Å². The third-order valence-corrected chi connectivity index (χ3v) is 5.37. The lowest BCUT2D eigenvalue weighted by molar-refractivity contribution is -0.147. The predicted molar refractivity (Wildman–Crippen MR) is 130 cm³/mol. The van der Waals surface area contributed by atoms with Crippen LogP contribution in [0.15, 0.2) is 24.3 Å². The molecule has 0 heterocycles. The number of carboxylic acid groups (broad SMARTS) is 2. The molecule has 0 bridgehead atoms. The zero-order chi connectivity index (χ0) is 23.9. The Morgan fingerprint density at radius 1 is 0.719 bits per heavy atom. The molecule has 0 unspecified atom stereocenters. The third-order valence-electron chi connectivity index (χ3n) is 5.37. The van der Waals surface area contributed by atoms with Crippen molar-refractivity contribution in [3.63, 3.8) is 0 Å². The first-order valence-electron chi connectivity index (χ1n) is 12.5. The summed E-state index contributed by atoms with van der Waals surface area (Å²) in [5.41, 5.74) is 0. The van der Waals surface area contributed by atoms with Crippen LogP contribution in [0.2, 0.25) is 0 Å². The van der Waals surface area contributed by atoms with E-state index in [9.17, 15) is 14.4 Å². The first-order valence-corrected chi connectivity index (χ1v) is 12.5. The molecule has 0 aromatic carbocycles. The van der Waals surface area contributed by atoms with Crippen LogP contribution in [-0.2, 0) is 14.4 Å². The van der Waals surface area contributed by atoms with Gasteiger partial charge >= 0.3 is 11.9 Å². The van der Waals surface area contributed by atoms with E-state index in [0.717, 1.165) is 25.7 Å². The number of aliphatic carboxylic acids is 2. The summed E-state index contributed by atoms with van der Waals surface area (Å²) in [6.07, 6.45) is 26.2. The van der Waals surface area contributed by atoms with Crippen molar-refractivity contribution in [2.75, 3.05) is 0 Å². The van der Waals surface area contributed by atoms with Gasteiger partial charge in [-0.3, -0.25) is 9.59 Å². The first-order chi connectivity index (χ1) is 15.5. The molecule has 0 saturated carbocycles. The number of hydrogen-bond acceptors (Lipinski definition) is 3. The Bertz CT molecular complexity index is 556. The Morgan fingerprint density at radius 3 is 1.72 bits per heavy atom. The fourth-order valence-corrected chi connectivity index (χ4v) is 3.45. The van der Waals surface area contributed by atoms with Crippen molar-refractivity contribution < 1.29 is 24.6 Å². The van der Waals surface area contributed by atoms with Crippen LogP contribution in [0.4, 0.5) is 0 Å². The molecule has 0 saturated heterocycles. The molecule has 0 radical (unpaired) electrons. The van der Waals surface area contributed by atoms with Crippen molar-refractivity contribution in [1.29, 1.82) is 0 Å². The highest BCUT2D eigenvalue weighted by molar-refractivity contribution is 5.86. The molecule has 6 heteroatoms. The third kappa shape index (κ3) is 21.1. The highest BCUT2D eigenvalue weighted by atomic mass is 16.4. The van der Waals surface area contributed by atoms with Crippen LogP contribution in [-0.4, -0.2) is 34.1 Å². The molecule has 0 aromatic heterocycles. The van der Waals surface area contributed by atoms with Gasteiger partial charge < -0.3 is 15.5 Å². The minimum absolute atomic E-state index is 0.242. The van der Waals surface area contributed by atoms with Crippen LogP contribution >= 0.6 is 0 Å². The summed E-state index contributed by atoms with van der Waals surface area (Å²) in [6.45, 7) is 2.23. The average Bonchev–Trinajstić information content (AvgIpc) is 2.74. The molecule has 32 heavy (non-hydrogen) atoms. The van der Waals surface area contributed by atoms with E-state index in [0.29, 0.717) is 6.42 Å². The summed E-state index contributed by atoms with van der Waals surface area (Å²) in [6, 6.07) is -1.35. The molecule has 0 rings (SSSR count). The smallest absolute Gasteiger partial charge is 0.326 e. The number of amides is 1. The van der Waals surface area contributed by atoms with Gasteiger partial charge in [0.15, 0.2) is 0 Å².